The number of hydrogen-bond acceptors (Lipinski definition) is 3. The maximum atomic E-state index is 9.86. The molecule has 0 bridgehead atoms. The topological polar surface area (TPSA) is 52.8 Å². The van der Waals surface area contributed by atoms with Gasteiger partial charge in [-0.25, -0.2) is 0 Å². The molecule has 1 unspecified atom stereocenters. The van der Waals surface area contributed by atoms with Gasteiger partial charge >= 0.3 is 0 Å². The Bertz CT molecular complexity index is 430. The highest BCUT2D eigenvalue weighted by atomic mass is 35.5. The molecule has 0 aliphatic heterocycles. The average Bonchev–Trinajstić information content (AvgIpc) is 2.32. The van der Waals surface area contributed by atoms with Crippen molar-refractivity contribution >= 4 is 17.3 Å². The first-order valence-electron chi connectivity index (χ1n) is 5.78. The maximum absolute atomic E-state index is 9.86. The summed E-state index contributed by atoms with van der Waals surface area (Å²) < 4.78 is 0. The first-order chi connectivity index (χ1) is 8.04. The second-order valence-corrected chi connectivity index (χ2v) is 4.51. The van der Waals surface area contributed by atoms with E-state index in [4.69, 9.17) is 16.8 Å². The lowest BCUT2D eigenvalue weighted by Gasteiger charge is -2.14. The number of halogens is 1. The highest BCUT2D eigenvalue weighted by molar-refractivity contribution is 6.34. The molecule has 0 saturated carbocycles. The molecule has 17 heavy (non-hydrogen) atoms. The van der Waals surface area contributed by atoms with Crippen LogP contribution in [0.15, 0.2) is 17.3 Å². The number of hydrogen-bond donors (Lipinski definition) is 2. The summed E-state index contributed by atoms with van der Waals surface area (Å²) in [4.78, 5) is 0. The first-order valence-corrected chi connectivity index (χ1v) is 6.16. The van der Waals surface area contributed by atoms with Gasteiger partial charge in [0.1, 0.15) is 5.75 Å². The third kappa shape index (κ3) is 2.91. The summed E-state index contributed by atoms with van der Waals surface area (Å²) in [6, 6.07) is 3.32. The number of oxime groups is 1. The van der Waals surface area contributed by atoms with Crippen LogP contribution in [0, 0.1) is 0 Å². The van der Waals surface area contributed by atoms with Crippen molar-refractivity contribution in [2.75, 3.05) is 0 Å². The third-order valence-electron chi connectivity index (χ3n) is 3.03. The lowest BCUT2D eigenvalue weighted by Crippen LogP contribution is -2.03. The van der Waals surface area contributed by atoms with Gasteiger partial charge in [-0.05, 0) is 36.5 Å². The number of rotatable bonds is 4. The van der Waals surface area contributed by atoms with Gasteiger partial charge in [0.05, 0.1) is 10.7 Å². The Kier molecular flexibility index (Phi) is 4.82. The number of phenols is 1. The van der Waals surface area contributed by atoms with Crippen molar-refractivity contribution in [3.8, 4) is 5.75 Å². The van der Waals surface area contributed by atoms with Gasteiger partial charge in [0, 0.05) is 5.56 Å². The maximum Gasteiger partial charge on any atom is 0.120 e. The van der Waals surface area contributed by atoms with Gasteiger partial charge in [0.25, 0.3) is 0 Å². The predicted octanol–water partition coefficient (Wildman–Crippen LogP) is 4.15. The van der Waals surface area contributed by atoms with E-state index in [1.54, 1.807) is 0 Å². The molecule has 0 amide bonds. The van der Waals surface area contributed by atoms with Crippen molar-refractivity contribution in [1.29, 1.82) is 0 Å². The van der Waals surface area contributed by atoms with E-state index in [0.717, 1.165) is 12.0 Å². The van der Waals surface area contributed by atoms with Crippen LogP contribution < -0.4 is 0 Å². The Morgan fingerprint density at radius 2 is 2.06 bits per heavy atom. The van der Waals surface area contributed by atoms with Crippen LogP contribution in [0.1, 0.15) is 50.7 Å². The van der Waals surface area contributed by atoms with E-state index >= 15 is 0 Å². The predicted molar refractivity (Wildman–Crippen MR) is 70.4 cm³/mol. The Labute approximate surface area is 107 Å². The van der Waals surface area contributed by atoms with Gasteiger partial charge in [-0.1, -0.05) is 37.5 Å². The summed E-state index contributed by atoms with van der Waals surface area (Å²) >= 11 is 6.05. The molecule has 1 aromatic rings. The zero-order valence-corrected chi connectivity index (χ0v) is 11.1. The molecule has 1 aromatic carbocycles. The van der Waals surface area contributed by atoms with Crippen molar-refractivity contribution in [1.82, 2.24) is 0 Å². The molecule has 0 fully saturated rings. The second-order valence-electron chi connectivity index (χ2n) is 4.10. The van der Waals surface area contributed by atoms with Gasteiger partial charge in [0.2, 0.25) is 0 Å². The van der Waals surface area contributed by atoms with E-state index in [1.165, 1.54) is 6.07 Å². The summed E-state index contributed by atoms with van der Waals surface area (Å²) in [6.45, 7) is 5.98. The number of benzene rings is 1. The van der Waals surface area contributed by atoms with Crippen molar-refractivity contribution in [2.45, 2.75) is 39.5 Å². The summed E-state index contributed by atoms with van der Waals surface area (Å²) in [5.41, 5.74) is 2.05. The van der Waals surface area contributed by atoms with Crippen molar-refractivity contribution in [2.24, 2.45) is 5.16 Å². The molecule has 2 N–H and O–H groups in total. The van der Waals surface area contributed by atoms with Crippen LogP contribution >= 0.6 is 11.6 Å². The largest absolute Gasteiger partial charge is 0.508 e. The molecule has 0 aliphatic rings. The first kappa shape index (κ1) is 13.8. The molecule has 4 heteroatoms. The standard InChI is InChI=1S/C13H18ClNO2/c1-4-8(3)9-6-10(12(5-2)15-17)11(14)7-13(9)16/h6-8,16-17H,4-5H2,1-3H3/b15-12+. The van der Waals surface area contributed by atoms with E-state index < -0.39 is 0 Å². The number of nitrogens with zero attached hydrogens (tertiary/aromatic N) is 1. The smallest absolute Gasteiger partial charge is 0.120 e. The number of phenolic OH excluding ortho intramolecular Hbond substituents is 1. The van der Waals surface area contributed by atoms with Crippen molar-refractivity contribution in [3.63, 3.8) is 0 Å². The van der Waals surface area contributed by atoms with Crippen LogP contribution in [-0.2, 0) is 0 Å². The molecule has 1 atom stereocenters. The van der Waals surface area contributed by atoms with E-state index in [0.29, 0.717) is 22.7 Å². The average molecular weight is 256 g/mol. The van der Waals surface area contributed by atoms with Crippen molar-refractivity contribution < 1.29 is 10.3 Å². The molecular formula is C13H18ClNO2. The normalized spacial score (nSPS) is 13.8. The monoisotopic (exact) mass is 255 g/mol. The highest BCUT2D eigenvalue weighted by Gasteiger charge is 2.15. The van der Waals surface area contributed by atoms with Gasteiger partial charge in [-0.3, -0.25) is 0 Å². The van der Waals surface area contributed by atoms with E-state index in [2.05, 4.69) is 12.1 Å². The summed E-state index contributed by atoms with van der Waals surface area (Å²) in [6.07, 6.45) is 1.51. The second kappa shape index (κ2) is 5.92. The zero-order chi connectivity index (χ0) is 13.0. The molecule has 0 aliphatic carbocycles. The molecular weight excluding hydrogens is 238 g/mol. The van der Waals surface area contributed by atoms with Crippen molar-refractivity contribution in [3.05, 3.63) is 28.3 Å². The highest BCUT2D eigenvalue weighted by Crippen LogP contribution is 2.33. The summed E-state index contributed by atoms with van der Waals surface area (Å²) in [5, 5.41) is 22.4. The Morgan fingerprint density at radius 1 is 1.41 bits per heavy atom. The Morgan fingerprint density at radius 3 is 2.53 bits per heavy atom. The van der Waals surface area contributed by atoms with Gasteiger partial charge in [0.15, 0.2) is 0 Å². The molecule has 3 nitrogen and oxygen atoms in total. The summed E-state index contributed by atoms with van der Waals surface area (Å²) in [7, 11) is 0. The van der Waals surface area contributed by atoms with Crippen LogP contribution in [0.3, 0.4) is 0 Å². The molecule has 0 heterocycles. The molecule has 0 radical (unpaired) electrons. The summed E-state index contributed by atoms with van der Waals surface area (Å²) in [5.74, 6) is 0.435. The van der Waals surface area contributed by atoms with Crippen LogP contribution in [0.4, 0.5) is 0 Å². The minimum Gasteiger partial charge on any atom is -0.508 e. The molecule has 0 saturated heterocycles. The molecule has 0 aromatic heterocycles. The lowest BCUT2D eigenvalue weighted by molar-refractivity contribution is 0.318. The SMILES string of the molecule is CC/C(=N\O)c1cc(C(C)CC)c(O)cc1Cl. The third-order valence-corrected chi connectivity index (χ3v) is 3.34. The van der Waals surface area contributed by atoms with Gasteiger partial charge in [-0.2, -0.15) is 0 Å². The van der Waals surface area contributed by atoms with E-state index in [1.807, 2.05) is 19.9 Å². The lowest BCUT2D eigenvalue weighted by atomic mass is 9.94. The fourth-order valence-electron chi connectivity index (χ4n) is 1.73. The minimum absolute atomic E-state index is 0.196. The fraction of sp³-hybridized carbons (Fsp3) is 0.462. The van der Waals surface area contributed by atoms with E-state index in [9.17, 15) is 5.11 Å². The fourth-order valence-corrected chi connectivity index (χ4v) is 2.00. The quantitative estimate of drug-likeness (QED) is 0.482. The van der Waals surface area contributed by atoms with Gasteiger partial charge in [-0.15, -0.1) is 0 Å². The minimum atomic E-state index is 0.196. The van der Waals surface area contributed by atoms with Crippen LogP contribution in [-0.4, -0.2) is 16.0 Å². The Balaban J connectivity index is 3.33. The van der Waals surface area contributed by atoms with Crippen LogP contribution in [0.2, 0.25) is 5.02 Å². The van der Waals surface area contributed by atoms with E-state index in [-0.39, 0.29) is 11.7 Å². The molecule has 0 spiro atoms. The van der Waals surface area contributed by atoms with Gasteiger partial charge < -0.3 is 10.3 Å². The molecule has 1 rings (SSSR count). The van der Waals surface area contributed by atoms with Crippen LogP contribution in [0.5, 0.6) is 5.75 Å². The number of aromatic hydroxyl groups is 1. The molecule has 94 valence electrons. The zero-order valence-electron chi connectivity index (χ0n) is 10.4. The Hall–Kier alpha value is -1.22. The van der Waals surface area contributed by atoms with Crippen LogP contribution in [0.25, 0.3) is 0 Å².